The highest BCUT2D eigenvalue weighted by Gasteiger charge is 2.22. The number of hydrogen-bond donors (Lipinski definition) is 1. The summed E-state index contributed by atoms with van der Waals surface area (Å²) < 4.78 is 0. The molecule has 0 saturated heterocycles. The molecule has 0 spiro atoms. The topological polar surface area (TPSA) is 37.8 Å². The zero-order valence-electron chi connectivity index (χ0n) is 13.2. The van der Waals surface area contributed by atoms with Gasteiger partial charge in [0.05, 0.1) is 5.75 Å². The van der Waals surface area contributed by atoms with Gasteiger partial charge in [-0.05, 0) is 62.9 Å². The SMILES string of the molecule is CNCC1CCc2nc(CSCC(C)C)nc(C)c2C1. The molecule has 0 bridgehead atoms. The summed E-state index contributed by atoms with van der Waals surface area (Å²) in [6.07, 6.45) is 3.51. The fourth-order valence-electron chi connectivity index (χ4n) is 2.84. The maximum absolute atomic E-state index is 4.81. The van der Waals surface area contributed by atoms with E-state index in [1.807, 2.05) is 18.8 Å². The van der Waals surface area contributed by atoms with Gasteiger partial charge in [-0.3, -0.25) is 0 Å². The smallest absolute Gasteiger partial charge is 0.138 e. The Balaban J connectivity index is 2.04. The molecule has 1 aromatic rings. The van der Waals surface area contributed by atoms with Gasteiger partial charge in [0.2, 0.25) is 0 Å². The second-order valence-electron chi connectivity index (χ2n) is 6.23. The number of fused-ring (bicyclic) bond motifs is 1. The van der Waals surface area contributed by atoms with Gasteiger partial charge in [0.1, 0.15) is 5.82 Å². The summed E-state index contributed by atoms with van der Waals surface area (Å²) in [5.74, 6) is 4.65. The third kappa shape index (κ3) is 4.19. The van der Waals surface area contributed by atoms with E-state index < -0.39 is 0 Å². The van der Waals surface area contributed by atoms with Crippen molar-refractivity contribution in [2.45, 2.75) is 45.8 Å². The molecule has 112 valence electrons. The van der Waals surface area contributed by atoms with Crippen molar-refractivity contribution in [1.29, 1.82) is 0 Å². The highest BCUT2D eigenvalue weighted by atomic mass is 32.2. The van der Waals surface area contributed by atoms with E-state index in [2.05, 4.69) is 26.1 Å². The molecule has 0 fully saturated rings. The van der Waals surface area contributed by atoms with Crippen LogP contribution in [-0.2, 0) is 18.6 Å². The molecule has 0 aromatic carbocycles. The fourth-order valence-corrected chi connectivity index (χ4v) is 3.74. The lowest BCUT2D eigenvalue weighted by atomic mass is 9.86. The molecule has 1 aliphatic carbocycles. The molecule has 2 rings (SSSR count). The van der Waals surface area contributed by atoms with Gasteiger partial charge in [-0.15, -0.1) is 0 Å². The third-order valence-electron chi connectivity index (χ3n) is 3.80. The van der Waals surface area contributed by atoms with Crippen LogP contribution >= 0.6 is 11.8 Å². The Bertz CT molecular complexity index is 446. The van der Waals surface area contributed by atoms with Crippen molar-refractivity contribution >= 4 is 11.8 Å². The number of rotatable bonds is 6. The lowest BCUT2D eigenvalue weighted by Gasteiger charge is -2.25. The van der Waals surface area contributed by atoms with Crippen LogP contribution in [0.5, 0.6) is 0 Å². The molecule has 1 atom stereocenters. The number of nitrogens with zero attached hydrogens (tertiary/aromatic N) is 2. The van der Waals surface area contributed by atoms with Crippen molar-refractivity contribution in [3.63, 3.8) is 0 Å². The highest BCUT2D eigenvalue weighted by molar-refractivity contribution is 7.98. The molecule has 0 radical (unpaired) electrons. The highest BCUT2D eigenvalue weighted by Crippen LogP contribution is 2.26. The van der Waals surface area contributed by atoms with Crippen molar-refractivity contribution in [2.24, 2.45) is 11.8 Å². The average molecular weight is 293 g/mol. The molecule has 0 saturated carbocycles. The lowest BCUT2D eigenvalue weighted by molar-refractivity contribution is 0.432. The molecular formula is C16H27N3S. The molecule has 20 heavy (non-hydrogen) atoms. The first-order valence-electron chi connectivity index (χ1n) is 7.67. The van der Waals surface area contributed by atoms with Crippen LogP contribution in [0, 0.1) is 18.8 Å². The maximum Gasteiger partial charge on any atom is 0.138 e. The molecular weight excluding hydrogens is 266 g/mol. The molecule has 3 nitrogen and oxygen atoms in total. The summed E-state index contributed by atoms with van der Waals surface area (Å²) >= 11 is 1.95. The molecule has 4 heteroatoms. The van der Waals surface area contributed by atoms with Gasteiger partial charge >= 0.3 is 0 Å². The van der Waals surface area contributed by atoms with E-state index in [0.29, 0.717) is 0 Å². The molecule has 0 aliphatic heterocycles. The summed E-state index contributed by atoms with van der Waals surface area (Å²) in [6.45, 7) is 7.77. The molecule has 1 N–H and O–H groups in total. The number of nitrogens with one attached hydrogen (secondary N) is 1. The average Bonchev–Trinajstić information content (AvgIpc) is 2.39. The number of hydrogen-bond acceptors (Lipinski definition) is 4. The zero-order valence-corrected chi connectivity index (χ0v) is 14.0. The molecule has 1 aliphatic rings. The quantitative estimate of drug-likeness (QED) is 0.875. The predicted molar refractivity (Wildman–Crippen MR) is 87.2 cm³/mol. The van der Waals surface area contributed by atoms with Crippen LogP contribution in [0.15, 0.2) is 0 Å². The third-order valence-corrected chi connectivity index (χ3v) is 5.17. The van der Waals surface area contributed by atoms with Crippen LogP contribution in [0.25, 0.3) is 0 Å². The summed E-state index contributed by atoms with van der Waals surface area (Å²) in [4.78, 5) is 9.54. The van der Waals surface area contributed by atoms with E-state index in [1.165, 1.54) is 29.1 Å². The Morgan fingerprint density at radius 3 is 2.85 bits per heavy atom. The van der Waals surface area contributed by atoms with Gasteiger partial charge in [0.25, 0.3) is 0 Å². The van der Waals surface area contributed by atoms with E-state index in [4.69, 9.17) is 9.97 Å². The van der Waals surface area contributed by atoms with Gasteiger partial charge in [0, 0.05) is 11.4 Å². The Kier molecular flexibility index (Phi) is 5.85. The molecule has 1 aromatic heterocycles. The van der Waals surface area contributed by atoms with Crippen LogP contribution < -0.4 is 5.32 Å². The standard InChI is InChI=1S/C16H27N3S/c1-11(2)9-20-10-16-18-12(3)14-7-13(8-17-4)5-6-15(14)19-16/h11,13,17H,5-10H2,1-4H3. The molecule has 0 amide bonds. The number of aromatic nitrogens is 2. The minimum atomic E-state index is 0.737. The van der Waals surface area contributed by atoms with Crippen molar-refractivity contribution in [2.75, 3.05) is 19.3 Å². The minimum absolute atomic E-state index is 0.737. The van der Waals surface area contributed by atoms with Gasteiger partial charge in [-0.25, -0.2) is 9.97 Å². The van der Waals surface area contributed by atoms with Crippen LogP contribution in [0.4, 0.5) is 0 Å². The Hall–Kier alpha value is -0.610. The second-order valence-corrected chi connectivity index (χ2v) is 7.26. The van der Waals surface area contributed by atoms with Gasteiger partial charge in [-0.2, -0.15) is 11.8 Å². The summed E-state index contributed by atoms with van der Waals surface area (Å²) in [5.41, 5.74) is 3.93. The minimum Gasteiger partial charge on any atom is -0.319 e. The Labute approximate surface area is 127 Å². The first kappa shape index (κ1) is 15.8. The van der Waals surface area contributed by atoms with Crippen LogP contribution in [0.2, 0.25) is 0 Å². The second kappa shape index (κ2) is 7.41. The van der Waals surface area contributed by atoms with Crippen molar-refractivity contribution < 1.29 is 0 Å². The zero-order chi connectivity index (χ0) is 14.5. The maximum atomic E-state index is 4.81. The monoisotopic (exact) mass is 293 g/mol. The normalized spacial score (nSPS) is 18.4. The van der Waals surface area contributed by atoms with Crippen LogP contribution in [-0.4, -0.2) is 29.3 Å². The van der Waals surface area contributed by atoms with E-state index >= 15 is 0 Å². The largest absolute Gasteiger partial charge is 0.319 e. The fraction of sp³-hybridized carbons (Fsp3) is 0.750. The van der Waals surface area contributed by atoms with E-state index in [-0.39, 0.29) is 0 Å². The summed E-state index contributed by atoms with van der Waals surface area (Å²) in [5, 5.41) is 3.29. The van der Waals surface area contributed by atoms with Crippen molar-refractivity contribution in [3.05, 3.63) is 22.8 Å². The Morgan fingerprint density at radius 1 is 1.35 bits per heavy atom. The molecule has 1 unspecified atom stereocenters. The van der Waals surface area contributed by atoms with E-state index in [1.54, 1.807) is 0 Å². The first-order chi connectivity index (χ1) is 9.60. The molecule has 1 heterocycles. The van der Waals surface area contributed by atoms with Crippen molar-refractivity contribution in [3.8, 4) is 0 Å². The van der Waals surface area contributed by atoms with Gasteiger partial charge in [-0.1, -0.05) is 13.8 Å². The van der Waals surface area contributed by atoms with Crippen molar-refractivity contribution in [1.82, 2.24) is 15.3 Å². The van der Waals surface area contributed by atoms with E-state index in [9.17, 15) is 0 Å². The predicted octanol–water partition coefficient (Wildman–Crippen LogP) is 3.00. The van der Waals surface area contributed by atoms with Gasteiger partial charge < -0.3 is 5.32 Å². The summed E-state index contributed by atoms with van der Waals surface area (Å²) in [7, 11) is 2.04. The lowest BCUT2D eigenvalue weighted by Crippen LogP contribution is -2.26. The van der Waals surface area contributed by atoms with Crippen LogP contribution in [0.1, 0.15) is 43.0 Å². The number of thioether (sulfide) groups is 1. The van der Waals surface area contributed by atoms with E-state index in [0.717, 1.165) is 42.8 Å². The first-order valence-corrected chi connectivity index (χ1v) is 8.83. The van der Waals surface area contributed by atoms with Crippen LogP contribution in [0.3, 0.4) is 0 Å². The summed E-state index contributed by atoms with van der Waals surface area (Å²) in [6, 6.07) is 0. The number of aryl methyl sites for hydroxylation is 2. The van der Waals surface area contributed by atoms with Gasteiger partial charge in [0.15, 0.2) is 0 Å². The Morgan fingerprint density at radius 2 is 2.15 bits per heavy atom.